The largest absolute Gasteiger partial charge is 0.339 e. The van der Waals surface area contributed by atoms with Gasteiger partial charge in [0.05, 0.1) is 5.92 Å². The molecule has 4 nitrogen and oxygen atoms in total. The highest BCUT2D eigenvalue weighted by Crippen LogP contribution is 2.34. The van der Waals surface area contributed by atoms with E-state index in [9.17, 15) is 0 Å². The summed E-state index contributed by atoms with van der Waals surface area (Å²) in [6, 6.07) is 0.211. The van der Waals surface area contributed by atoms with Crippen molar-refractivity contribution in [3.8, 4) is 0 Å². The van der Waals surface area contributed by atoms with Gasteiger partial charge in [-0.2, -0.15) is 4.98 Å². The van der Waals surface area contributed by atoms with Crippen LogP contribution in [-0.4, -0.2) is 16.2 Å². The van der Waals surface area contributed by atoms with Gasteiger partial charge in [0.25, 0.3) is 0 Å². The number of rotatable bonds is 3. The number of hydrogen-bond donors (Lipinski definition) is 1. The van der Waals surface area contributed by atoms with Crippen molar-refractivity contribution in [2.24, 2.45) is 11.7 Å². The summed E-state index contributed by atoms with van der Waals surface area (Å²) in [6.45, 7) is 0. The Morgan fingerprint density at radius 1 is 1.19 bits per heavy atom. The third-order valence-electron chi connectivity index (χ3n) is 3.79. The molecule has 88 valence electrons. The molecular formula is C12H19N3O. The SMILES string of the molecule is NC1CCCCC1c1nc(CC2CC2)no1. The number of hydrogen-bond acceptors (Lipinski definition) is 4. The zero-order valence-electron chi connectivity index (χ0n) is 9.56. The van der Waals surface area contributed by atoms with Crippen LogP contribution < -0.4 is 5.73 Å². The fraction of sp³-hybridized carbons (Fsp3) is 0.833. The highest BCUT2D eigenvalue weighted by atomic mass is 16.5. The molecule has 2 unspecified atom stereocenters. The summed E-state index contributed by atoms with van der Waals surface area (Å²) >= 11 is 0. The van der Waals surface area contributed by atoms with Gasteiger partial charge in [-0.25, -0.2) is 0 Å². The molecule has 0 saturated heterocycles. The van der Waals surface area contributed by atoms with E-state index in [2.05, 4.69) is 10.1 Å². The lowest BCUT2D eigenvalue weighted by Crippen LogP contribution is -2.31. The van der Waals surface area contributed by atoms with Gasteiger partial charge in [0.15, 0.2) is 5.82 Å². The first-order valence-electron chi connectivity index (χ1n) is 6.41. The smallest absolute Gasteiger partial charge is 0.231 e. The minimum absolute atomic E-state index is 0.211. The van der Waals surface area contributed by atoms with Crippen LogP contribution in [0.5, 0.6) is 0 Å². The highest BCUT2D eigenvalue weighted by Gasteiger charge is 2.29. The average molecular weight is 221 g/mol. The van der Waals surface area contributed by atoms with Gasteiger partial charge in [0.1, 0.15) is 0 Å². The molecule has 2 fully saturated rings. The first kappa shape index (κ1) is 10.3. The normalized spacial score (nSPS) is 30.6. The van der Waals surface area contributed by atoms with Gasteiger partial charge in [-0.05, 0) is 31.6 Å². The first-order valence-corrected chi connectivity index (χ1v) is 6.41. The number of nitrogens with zero attached hydrogens (tertiary/aromatic N) is 2. The fourth-order valence-electron chi connectivity index (χ4n) is 2.55. The monoisotopic (exact) mass is 221 g/mol. The van der Waals surface area contributed by atoms with E-state index in [-0.39, 0.29) is 6.04 Å². The Balaban J connectivity index is 1.69. The molecule has 1 aromatic heterocycles. The van der Waals surface area contributed by atoms with Gasteiger partial charge in [-0.3, -0.25) is 0 Å². The molecule has 2 N–H and O–H groups in total. The molecule has 4 heteroatoms. The Kier molecular flexibility index (Phi) is 2.67. The summed E-state index contributed by atoms with van der Waals surface area (Å²) in [4.78, 5) is 4.51. The van der Waals surface area contributed by atoms with Crippen LogP contribution in [0.3, 0.4) is 0 Å². The number of nitrogens with two attached hydrogens (primary N) is 1. The van der Waals surface area contributed by atoms with Gasteiger partial charge in [-0.15, -0.1) is 0 Å². The zero-order chi connectivity index (χ0) is 11.0. The lowest BCUT2D eigenvalue weighted by atomic mass is 9.85. The van der Waals surface area contributed by atoms with Crippen LogP contribution in [0.1, 0.15) is 56.2 Å². The maximum Gasteiger partial charge on any atom is 0.231 e. The fourth-order valence-corrected chi connectivity index (χ4v) is 2.55. The first-order chi connectivity index (χ1) is 7.83. The summed E-state index contributed by atoms with van der Waals surface area (Å²) in [7, 11) is 0. The standard InChI is InChI=1S/C12H19N3O/c13-10-4-2-1-3-9(10)12-14-11(15-16-12)7-8-5-6-8/h8-10H,1-7,13H2. The molecule has 1 heterocycles. The van der Waals surface area contributed by atoms with Crippen molar-refractivity contribution in [3.63, 3.8) is 0 Å². The van der Waals surface area contributed by atoms with E-state index in [1.54, 1.807) is 0 Å². The Morgan fingerprint density at radius 3 is 2.75 bits per heavy atom. The zero-order valence-corrected chi connectivity index (χ0v) is 9.56. The van der Waals surface area contributed by atoms with Crippen molar-refractivity contribution < 1.29 is 4.52 Å². The molecule has 16 heavy (non-hydrogen) atoms. The molecule has 0 amide bonds. The Hall–Kier alpha value is -0.900. The van der Waals surface area contributed by atoms with Gasteiger partial charge in [0.2, 0.25) is 5.89 Å². The van der Waals surface area contributed by atoms with Crippen molar-refractivity contribution in [3.05, 3.63) is 11.7 Å². The Labute approximate surface area is 95.6 Å². The minimum atomic E-state index is 0.211. The minimum Gasteiger partial charge on any atom is -0.339 e. The van der Waals surface area contributed by atoms with Crippen molar-refractivity contribution in [1.82, 2.24) is 10.1 Å². The van der Waals surface area contributed by atoms with Crippen LogP contribution in [0.25, 0.3) is 0 Å². The van der Waals surface area contributed by atoms with Crippen LogP contribution >= 0.6 is 0 Å². The van der Waals surface area contributed by atoms with E-state index in [1.165, 1.54) is 25.7 Å². The molecule has 2 saturated carbocycles. The molecule has 1 aromatic rings. The molecule has 2 aliphatic carbocycles. The van der Waals surface area contributed by atoms with Crippen molar-refractivity contribution in [2.75, 3.05) is 0 Å². The maximum absolute atomic E-state index is 6.11. The summed E-state index contributed by atoms with van der Waals surface area (Å²) < 4.78 is 5.36. The van der Waals surface area contributed by atoms with E-state index in [0.29, 0.717) is 5.92 Å². The van der Waals surface area contributed by atoms with Gasteiger partial charge in [-0.1, -0.05) is 18.0 Å². The van der Waals surface area contributed by atoms with Crippen LogP contribution in [0.2, 0.25) is 0 Å². The molecule has 0 aliphatic heterocycles. The molecule has 2 aliphatic rings. The van der Waals surface area contributed by atoms with Crippen LogP contribution in [0.15, 0.2) is 4.52 Å². The molecular weight excluding hydrogens is 202 g/mol. The van der Waals surface area contributed by atoms with Crippen molar-refractivity contribution in [1.29, 1.82) is 0 Å². The van der Waals surface area contributed by atoms with E-state index in [4.69, 9.17) is 10.3 Å². The molecule has 0 spiro atoms. The third-order valence-corrected chi connectivity index (χ3v) is 3.79. The van der Waals surface area contributed by atoms with E-state index < -0.39 is 0 Å². The number of aromatic nitrogens is 2. The molecule has 0 bridgehead atoms. The van der Waals surface area contributed by atoms with E-state index in [1.807, 2.05) is 0 Å². The summed E-state index contributed by atoms with van der Waals surface area (Å²) in [5.41, 5.74) is 6.11. The van der Waals surface area contributed by atoms with Crippen LogP contribution in [-0.2, 0) is 6.42 Å². The summed E-state index contributed by atoms with van der Waals surface area (Å²) in [6.07, 6.45) is 8.31. The molecule has 3 rings (SSSR count). The van der Waals surface area contributed by atoms with Gasteiger partial charge < -0.3 is 10.3 Å². The molecule has 0 aromatic carbocycles. The van der Waals surface area contributed by atoms with Crippen molar-refractivity contribution >= 4 is 0 Å². The predicted molar refractivity (Wildman–Crippen MR) is 59.9 cm³/mol. The van der Waals surface area contributed by atoms with E-state index in [0.717, 1.165) is 36.9 Å². The van der Waals surface area contributed by atoms with E-state index >= 15 is 0 Å². The highest BCUT2D eigenvalue weighted by molar-refractivity contribution is 5.01. The van der Waals surface area contributed by atoms with Crippen LogP contribution in [0, 0.1) is 5.92 Å². The Morgan fingerprint density at radius 2 is 2.00 bits per heavy atom. The van der Waals surface area contributed by atoms with Crippen molar-refractivity contribution in [2.45, 2.75) is 56.9 Å². The summed E-state index contributed by atoms with van der Waals surface area (Å²) in [5.74, 6) is 2.78. The molecule has 2 atom stereocenters. The Bertz CT molecular complexity index is 359. The topological polar surface area (TPSA) is 64.9 Å². The second-order valence-electron chi connectivity index (χ2n) is 5.25. The second kappa shape index (κ2) is 4.17. The molecule has 0 radical (unpaired) electrons. The maximum atomic E-state index is 6.11. The average Bonchev–Trinajstić information content (AvgIpc) is 2.97. The lowest BCUT2D eigenvalue weighted by molar-refractivity contribution is 0.289. The third kappa shape index (κ3) is 2.12. The van der Waals surface area contributed by atoms with Gasteiger partial charge >= 0.3 is 0 Å². The second-order valence-corrected chi connectivity index (χ2v) is 5.25. The van der Waals surface area contributed by atoms with Crippen LogP contribution in [0.4, 0.5) is 0 Å². The lowest BCUT2D eigenvalue weighted by Gasteiger charge is -2.25. The predicted octanol–water partition coefficient (Wildman–Crippen LogP) is 2.01. The van der Waals surface area contributed by atoms with Gasteiger partial charge in [0, 0.05) is 12.5 Å². The quantitative estimate of drug-likeness (QED) is 0.848. The summed E-state index contributed by atoms with van der Waals surface area (Å²) in [5, 5.41) is 4.06.